The van der Waals surface area contributed by atoms with Gasteiger partial charge in [-0.1, -0.05) is 12.1 Å². The number of aromatic nitrogens is 6. The van der Waals surface area contributed by atoms with Crippen LogP contribution in [0.25, 0.3) is 88.6 Å². The molecule has 10 aromatic rings. The highest BCUT2D eigenvalue weighted by atomic mass is 15.1. The number of benzene rings is 4. The zero-order chi connectivity index (χ0) is 35.9. The molecule has 4 aromatic carbocycles. The molecule has 6 nitrogen and oxygen atoms in total. The molecule has 0 aliphatic heterocycles. The molecule has 6 heteroatoms. The van der Waals surface area contributed by atoms with Gasteiger partial charge in [0.15, 0.2) is 0 Å². The first-order chi connectivity index (χ1) is 26.6. The summed E-state index contributed by atoms with van der Waals surface area (Å²) in [6.07, 6.45) is 13.2. The first kappa shape index (κ1) is 30.7. The van der Waals surface area contributed by atoms with Crippen LogP contribution in [0.2, 0.25) is 0 Å². The summed E-state index contributed by atoms with van der Waals surface area (Å²) in [7, 11) is 0. The van der Waals surface area contributed by atoms with E-state index in [1.807, 2.05) is 37.2 Å². The number of fused-ring (bicyclic) bond motifs is 9. The summed E-state index contributed by atoms with van der Waals surface area (Å²) in [4.78, 5) is 18.3. The first-order valence-electron chi connectivity index (χ1n) is 18.5. The number of hydrogen-bond donors (Lipinski definition) is 0. The van der Waals surface area contributed by atoms with Crippen LogP contribution in [-0.4, -0.2) is 29.1 Å². The van der Waals surface area contributed by atoms with E-state index < -0.39 is 0 Å². The van der Waals surface area contributed by atoms with Crippen molar-refractivity contribution in [1.82, 2.24) is 29.1 Å². The Morgan fingerprint density at radius 1 is 0.389 bits per heavy atom. The average Bonchev–Trinajstić information content (AvgIpc) is 3.70. The third-order valence-electron chi connectivity index (χ3n) is 11.2. The predicted octanol–water partition coefficient (Wildman–Crippen LogP) is 11.2. The zero-order valence-electron chi connectivity index (χ0n) is 30.0. The standard InChI is InChI=1S/C48H34N6/c1-29-9-19-51-47(21-29)53-43-7-5-33(31-11-15-49-16-12-31)23-39(43)41-25-35-3-4-36-26-42-40-24-34(32-13-17-50-18-14-32)6-8-44(40)54(48-22-30(2)10-20-52-48)46(42)28-38(36)37(35)27-45(41)53/h5-28H,3-4H2,1-2H3. The highest BCUT2D eigenvalue weighted by Gasteiger charge is 2.24. The lowest BCUT2D eigenvalue weighted by molar-refractivity contribution is 0.945. The Hall–Kier alpha value is -6.92. The van der Waals surface area contributed by atoms with Crippen LogP contribution in [-0.2, 0) is 12.8 Å². The lowest BCUT2D eigenvalue weighted by Crippen LogP contribution is -2.05. The van der Waals surface area contributed by atoms with Crippen LogP contribution in [0.15, 0.2) is 146 Å². The van der Waals surface area contributed by atoms with Crippen molar-refractivity contribution in [2.75, 3.05) is 0 Å². The van der Waals surface area contributed by atoms with Crippen LogP contribution in [0.3, 0.4) is 0 Å². The maximum absolute atomic E-state index is 4.91. The van der Waals surface area contributed by atoms with E-state index in [9.17, 15) is 0 Å². The maximum atomic E-state index is 4.91. The number of aryl methyl sites for hydroxylation is 4. The second-order valence-corrected chi connectivity index (χ2v) is 14.5. The van der Waals surface area contributed by atoms with Crippen molar-refractivity contribution in [3.05, 3.63) is 169 Å². The third kappa shape index (κ3) is 4.73. The molecule has 0 atom stereocenters. The quantitative estimate of drug-likeness (QED) is 0.184. The summed E-state index contributed by atoms with van der Waals surface area (Å²) < 4.78 is 4.69. The second-order valence-electron chi connectivity index (χ2n) is 14.5. The minimum Gasteiger partial charge on any atom is -0.294 e. The largest absolute Gasteiger partial charge is 0.294 e. The van der Waals surface area contributed by atoms with Crippen molar-refractivity contribution in [2.24, 2.45) is 0 Å². The van der Waals surface area contributed by atoms with Crippen molar-refractivity contribution in [2.45, 2.75) is 26.7 Å². The number of hydrogen-bond acceptors (Lipinski definition) is 4. The monoisotopic (exact) mass is 694 g/mol. The van der Waals surface area contributed by atoms with Crippen LogP contribution in [0, 0.1) is 13.8 Å². The lowest BCUT2D eigenvalue weighted by Gasteiger charge is -2.21. The van der Waals surface area contributed by atoms with Gasteiger partial charge in [-0.3, -0.25) is 19.1 Å². The molecule has 0 N–H and O–H groups in total. The van der Waals surface area contributed by atoms with E-state index in [2.05, 4.69) is 142 Å². The van der Waals surface area contributed by atoms with Crippen molar-refractivity contribution >= 4 is 43.6 Å². The van der Waals surface area contributed by atoms with E-state index >= 15 is 0 Å². The SMILES string of the molecule is Cc1ccnc(-n2c3ccc(-c4ccncc4)cc3c3cc4c(cc32)-c2cc3c(cc2CC4)c2cc(-c4ccncc4)ccc2n3-c2cc(C)ccn2)c1. The van der Waals surface area contributed by atoms with Crippen molar-refractivity contribution in [3.8, 4) is 45.0 Å². The van der Waals surface area contributed by atoms with Crippen LogP contribution in [0.5, 0.6) is 0 Å². The Morgan fingerprint density at radius 2 is 0.815 bits per heavy atom. The molecule has 0 fully saturated rings. The Kier molecular flexibility index (Phi) is 6.71. The fraction of sp³-hybridized carbons (Fsp3) is 0.0833. The van der Waals surface area contributed by atoms with Gasteiger partial charge < -0.3 is 0 Å². The van der Waals surface area contributed by atoms with Crippen molar-refractivity contribution < 1.29 is 0 Å². The molecule has 1 aliphatic rings. The molecule has 0 amide bonds. The van der Waals surface area contributed by atoms with E-state index in [0.717, 1.165) is 57.7 Å². The van der Waals surface area contributed by atoms with Gasteiger partial charge in [0.1, 0.15) is 11.6 Å². The summed E-state index contributed by atoms with van der Waals surface area (Å²) in [6.45, 7) is 4.26. The van der Waals surface area contributed by atoms with Crippen LogP contribution < -0.4 is 0 Å². The number of rotatable bonds is 4. The fourth-order valence-electron chi connectivity index (χ4n) is 8.63. The Labute approximate surface area is 312 Å². The Morgan fingerprint density at radius 3 is 1.24 bits per heavy atom. The molecule has 0 spiro atoms. The number of nitrogens with zero attached hydrogens (tertiary/aromatic N) is 6. The molecule has 6 aromatic heterocycles. The van der Waals surface area contributed by atoms with Gasteiger partial charge in [0.05, 0.1) is 22.1 Å². The third-order valence-corrected chi connectivity index (χ3v) is 11.2. The van der Waals surface area contributed by atoms with Gasteiger partial charge in [-0.2, -0.15) is 0 Å². The second kappa shape index (κ2) is 11.8. The number of pyridine rings is 4. The van der Waals surface area contributed by atoms with Crippen LogP contribution in [0.4, 0.5) is 0 Å². The minimum atomic E-state index is 0.925. The highest BCUT2D eigenvalue weighted by Crippen LogP contribution is 2.44. The normalized spacial score (nSPS) is 12.5. The fourth-order valence-corrected chi connectivity index (χ4v) is 8.63. The summed E-state index contributed by atoms with van der Waals surface area (Å²) in [6, 6.07) is 40.1. The van der Waals surface area contributed by atoms with Gasteiger partial charge >= 0.3 is 0 Å². The molecule has 0 saturated heterocycles. The molecule has 54 heavy (non-hydrogen) atoms. The zero-order valence-corrected chi connectivity index (χ0v) is 30.0. The van der Waals surface area contributed by atoms with E-state index in [1.165, 1.54) is 66.1 Å². The first-order valence-corrected chi connectivity index (χ1v) is 18.5. The molecular weight excluding hydrogens is 661 g/mol. The minimum absolute atomic E-state index is 0.925. The molecular formula is C48H34N6. The molecule has 0 bridgehead atoms. The van der Waals surface area contributed by atoms with E-state index in [0.29, 0.717) is 0 Å². The maximum Gasteiger partial charge on any atom is 0.137 e. The van der Waals surface area contributed by atoms with Crippen molar-refractivity contribution in [1.29, 1.82) is 0 Å². The van der Waals surface area contributed by atoms with Gasteiger partial charge in [-0.05, 0) is 179 Å². The predicted molar refractivity (Wildman–Crippen MR) is 219 cm³/mol. The van der Waals surface area contributed by atoms with E-state index in [1.54, 1.807) is 0 Å². The Bertz CT molecular complexity index is 2910. The lowest BCUT2D eigenvalue weighted by atomic mass is 9.84. The van der Waals surface area contributed by atoms with Gasteiger partial charge in [0.25, 0.3) is 0 Å². The molecule has 0 unspecified atom stereocenters. The molecule has 6 heterocycles. The van der Waals surface area contributed by atoms with Gasteiger partial charge in [-0.25, -0.2) is 9.97 Å². The molecule has 256 valence electrons. The smallest absolute Gasteiger partial charge is 0.137 e. The highest BCUT2D eigenvalue weighted by molar-refractivity contribution is 6.14. The van der Waals surface area contributed by atoms with Crippen LogP contribution >= 0.6 is 0 Å². The Balaban J connectivity index is 1.18. The summed E-state index contributed by atoms with van der Waals surface area (Å²) in [5, 5.41) is 4.94. The van der Waals surface area contributed by atoms with E-state index in [4.69, 9.17) is 9.97 Å². The van der Waals surface area contributed by atoms with Gasteiger partial charge in [-0.15, -0.1) is 0 Å². The average molecular weight is 695 g/mol. The topological polar surface area (TPSA) is 61.4 Å². The molecule has 1 aliphatic carbocycles. The summed E-state index contributed by atoms with van der Waals surface area (Å²) >= 11 is 0. The van der Waals surface area contributed by atoms with Gasteiger partial charge in [0.2, 0.25) is 0 Å². The van der Waals surface area contributed by atoms with E-state index in [-0.39, 0.29) is 0 Å². The van der Waals surface area contributed by atoms with Gasteiger partial charge in [0, 0.05) is 58.7 Å². The van der Waals surface area contributed by atoms with Crippen molar-refractivity contribution in [3.63, 3.8) is 0 Å². The molecule has 0 saturated carbocycles. The summed E-state index contributed by atoms with van der Waals surface area (Å²) in [5.41, 5.74) is 16.9. The van der Waals surface area contributed by atoms with Crippen LogP contribution in [0.1, 0.15) is 22.3 Å². The molecule has 11 rings (SSSR count). The summed E-state index contributed by atoms with van der Waals surface area (Å²) in [5.74, 6) is 1.85. The molecule has 0 radical (unpaired) electrons.